The van der Waals surface area contributed by atoms with E-state index in [9.17, 15) is 14.3 Å². The van der Waals surface area contributed by atoms with Crippen LogP contribution in [0.3, 0.4) is 0 Å². The van der Waals surface area contributed by atoms with E-state index in [1.54, 1.807) is 6.92 Å². The first-order chi connectivity index (χ1) is 11.5. The van der Waals surface area contributed by atoms with E-state index in [0.29, 0.717) is 11.1 Å². The Morgan fingerprint density at radius 2 is 1.83 bits per heavy atom. The van der Waals surface area contributed by atoms with Gasteiger partial charge in [0.1, 0.15) is 5.82 Å². The number of hydrogen-bond acceptors (Lipinski definition) is 2. The number of benzene rings is 2. The van der Waals surface area contributed by atoms with Gasteiger partial charge in [0.15, 0.2) is 0 Å². The van der Waals surface area contributed by atoms with Crippen LogP contribution in [0.25, 0.3) is 10.9 Å². The minimum absolute atomic E-state index is 0.251. The van der Waals surface area contributed by atoms with Crippen LogP contribution < -0.4 is 5.32 Å². The van der Waals surface area contributed by atoms with Crippen LogP contribution in [-0.2, 0) is 0 Å². The van der Waals surface area contributed by atoms with Crippen LogP contribution >= 0.6 is 0 Å². The fourth-order valence-electron chi connectivity index (χ4n) is 2.88. The van der Waals surface area contributed by atoms with Crippen molar-refractivity contribution in [2.24, 2.45) is 0 Å². The molecule has 124 valence electrons. The van der Waals surface area contributed by atoms with Gasteiger partial charge in [-0.2, -0.15) is 0 Å². The quantitative estimate of drug-likeness (QED) is 0.687. The summed E-state index contributed by atoms with van der Waals surface area (Å²) in [6.45, 7) is 3.56. The van der Waals surface area contributed by atoms with Crippen molar-refractivity contribution in [3.8, 4) is 0 Å². The van der Waals surface area contributed by atoms with Gasteiger partial charge in [-0.05, 0) is 37.6 Å². The van der Waals surface area contributed by atoms with Crippen LogP contribution in [0.2, 0.25) is 0 Å². The Kier molecular flexibility index (Phi) is 4.36. The number of H-pyrrole nitrogens is 1. The number of aliphatic hydroxyl groups excluding tert-OH is 1. The fourth-order valence-corrected chi connectivity index (χ4v) is 2.88. The summed E-state index contributed by atoms with van der Waals surface area (Å²) in [6.07, 6.45) is -0.917. The lowest BCUT2D eigenvalue weighted by Crippen LogP contribution is -2.37. The molecular formula is C19H19FN2O2. The fraction of sp³-hybridized carbons (Fsp3) is 0.211. The van der Waals surface area contributed by atoms with Gasteiger partial charge in [0.2, 0.25) is 0 Å². The van der Waals surface area contributed by atoms with E-state index in [2.05, 4.69) is 10.3 Å². The summed E-state index contributed by atoms with van der Waals surface area (Å²) in [4.78, 5) is 15.8. The van der Waals surface area contributed by atoms with Crippen molar-refractivity contribution >= 4 is 16.8 Å². The normalized spacial score (nSPS) is 13.7. The first-order valence-electron chi connectivity index (χ1n) is 7.79. The van der Waals surface area contributed by atoms with Gasteiger partial charge in [-0.25, -0.2) is 4.39 Å². The smallest absolute Gasteiger partial charge is 0.254 e. The van der Waals surface area contributed by atoms with E-state index < -0.39 is 12.1 Å². The molecule has 0 saturated heterocycles. The monoisotopic (exact) mass is 326 g/mol. The number of rotatable bonds is 4. The standard InChI is InChI=1S/C19H19FN2O2/c1-11-17(15-5-3-4-6-16(15)21-11)19(24)22-12(2)18(23)13-7-9-14(20)10-8-13/h3-10,12,18,21,23H,1-2H3,(H,22,24)/t12-,18+/m0/s1. The van der Waals surface area contributed by atoms with Crippen molar-refractivity contribution < 1.29 is 14.3 Å². The van der Waals surface area contributed by atoms with E-state index in [1.807, 2.05) is 31.2 Å². The summed E-state index contributed by atoms with van der Waals surface area (Å²) in [6, 6.07) is 12.7. The average molecular weight is 326 g/mol. The molecule has 0 radical (unpaired) electrons. The zero-order valence-electron chi connectivity index (χ0n) is 13.5. The number of fused-ring (bicyclic) bond motifs is 1. The van der Waals surface area contributed by atoms with E-state index in [1.165, 1.54) is 24.3 Å². The maximum absolute atomic E-state index is 13.0. The Bertz CT molecular complexity index is 871. The summed E-state index contributed by atoms with van der Waals surface area (Å²) in [5.41, 5.74) is 2.80. The number of nitrogens with one attached hydrogen (secondary N) is 2. The maximum atomic E-state index is 13.0. The molecule has 4 nitrogen and oxygen atoms in total. The molecule has 1 aromatic heterocycles. The highest BCUT2D eigenvalue weighted by Crippen LogP contribution is 2.23. The third kappa shape index (κ3) is 3.03. The van der Waals surface area contributed by atoms with Gasteiger partial charge in [-0.1, -0.05) is 30.3 Å². The number of carbonyl (C=O) groups excluding carboxylic acids is 1. The second-order valence-corrected chi connectivity index (χ2v) is 5.93. The molecule has 3 aromatic rings. The van der Waals surface area contributed by atoms with Crippen molar-refractivity contribution in [1.82, 2.24) is 10.3 Å². The average Bonchev–Trinajstić information content (AvgIpc) is 2.90. The molecule has 24 heavy (non-hydrogen) atoms. The number of hydrogen-bond donors (Lipinski definition) is 3. The highest BCUT2D eigenvalue weighted by Gasteiger charge is 2.22. The predicted octanol–water partition coefficient (Wildman–Crippen LogP) is 3.47. The van der Waals surface area contributed by atoms with Crippen LogP contribution in [0, 0.1) is 12.7 Å². The van der Waals surface area contributed by atoms with E-state index in [4.69, 9.17) is 0 Å². The Morgan fingerprint density at radius 1 is 1.17 bits per heavy atom. The summed E-state index contributed by atoms with van der Waals surface area (Å²) in [7, 11) is 0. The number of halogens is 1. The molecule has 5 heteroatoms. The van der Waals surface area contributed by atoms with Gasteiger partial charge in [0.05, 0.1) is 17.7 Å². The molecule has 2 aromatic carbocycles. The number of para-hydroxylation sites is 1. The van der Waals surface area contributed by atoms with Crippen molar-refractivity contribution in [3.63, 3.8) is 0 Å². The second-order valence-electron chi connectivity index (χ2n) is 5.93. The van der Waals surface area contributed by atoms with Gasteiger partial charge in [0.25, 0.3) is 5.91 Å². The van der Waals surface area contributed by atoms with Crippen molar-refractivity contribution in [2.75, 3.05) is 0 Å². The van der Waals surface area contributed by atoms with Gasteiger partial charge in [-0.15, -0.1) is 0 Å². The minimum atomic E-state index is -0.917. The first-order valence-corrected chi connectivity index (χ1v) is 7.79. The Morgan fingerprint density at radius 3 is 2.54 bits per heavy atom. The molecule has 0 bridgehead atoms. The number of aliphatic hydroxyl groups is 1. The molecule has 2 atom stereocenters. The van der Waals surface area contributed by atoms with Crippen molar-refractivity contribution in [2.45, 2.75) is 26.0 Å². The van der Waals surface area contributed by atoms with Gasteiger partial charge >= 0.3 is 0 Å². The molecule has 0 unspecified atom stereocenters. The zero-order chi connectivity index (χ0) is 17.3. The maximum Gasteiger partial charge on any atom is 0.254 e. The SMILES string of the molecule is Cc1[nH]c2ccccc2c1C(=O)N[C@@H](C)[C@@H](O)c1ccc(F)cc1. The van der Waals surface area contributed by atoms with Gasteiger partial charge in [0, 0.05) is 16.6 Å². The zero-order valence-corrected chi connectivity index (χ0v) is 13.5. The minimum Gasteiger partial charge on any atom is -0.386 e. The van der Waals surface area contributed by atoms with Crippen molar-refractivity contribution in [3.05, 3.63) is 71.2 Å². The lowest BCUT2D eigenvalue weighted by atomic mass is 10.0. The number of aryl methyl sites for hydroxylation is 1. The molecule has 0 aliphatic rings. The Balaban J connectivity index is 1.80. The number of aromatic amines is 1. The van der Waals surface area contributed by atoms with Gasteiger partial charge < -0.3 is 15.4 Å². The predicted molar refractivity (Wildman–Crippen MR) is 91.3 cm³/mol. The summed E-state index contributed by atoms with van der Waals surface area (Å²) in [5.74, 6) is -0.615. The lowest BCUT2D eigenvalue weighted by molar-refractivity contribution is 0.0853. The summed E-state index contributed by atoms with van der Waals surface area (Å²) < 4.78 is 13.0. The largest absolute Gasteiger partial charge is 0.386 e. The molecule has 1 amide bonds. The molecular weight excluding hydrogens is 307 g/mol. The van der Waals surface area contributed by atoms with Crippen LogP contribution in [-0.4, -0.2) is 22.0 Å². The molecule has 3 rings (SSSR count). The second kappa shape index (κ2) is 6.45. The Labute approximate surface area is 139 Å². The van der Waals surface area contributed by atoms with Crippen LogP contribution in [0.4, 0.5) is 4.39 Å². The van der Waals surface area contributed by atoms with E-state index in [-0.39, 0.29) is 11.7 Å². The first kappa shape index (κ1) is 16.2. The Hall–Kier alpha value is -2.66. The summed E-state index contributed by atoms with van der Waals surface area (Å²) >= 11 is 0. The third-order valence-corrected chi connectivity index (χ3v) is 4.16. The van der Waals surface area contributed by atoms with E-state index >= 15 is 0 Å². The van der Waals surface area contributed by atoms with Crippen LogP contribution in [0.15, 0.2) is 48.5 Å². The molecule has 3 N–H and O–H groups in total. The lowest BCUT2D eigenvalue weighted by Gasteiger charge is -2.20. The van der Waals surface area contributed by atoms with E-state index in [0.717, 1.165) is 16.6 Å². The molecule has 0 spiro atoms. The highest BCUT2D eigenvalue weighted by atomic mass is 19.1. The molecule has 0 fully saturated rings. The molecule has 0 aliphatic heterocycles. The topological polar surface area (TPSA) is 65.1 Å². The molecule has 0 aliphatic carbocycles. The number of carbonyl (C=O) groups is 1. The highest BCUT2D eigenvalue weighted by molar-refractivity contribution is 6.08. The van der Waals surface area contributed by atoms with Gasteiger partial charge in [-0.3, -0.25) is 4.79 Å². The molecule has 1 heterocycles. The van der Waals surface area contributed by atoms with Crippen molar-refractivity contribution in [1.29, 1.82) is 0 Å². The van der Waals surface area contributed by atoms with Crippen LogP contribution in [0.1, 0.15) is 34.6 Å². The van der Waals surface area contributed by atoms with Crippen LogP contribution in [0.5, 0.6) is 0 Å². The molecule has 0 saturated carbocycles. The third-order valence-electron chi connectivity index (χ3n) is 4.16. The summed E-state index contributed by atoms with van der Waals surface area (Å²) in [5, 5.41) is 14.0. The number of aromatic nitrogens is 1. The number of amides is 1.